The van der Waals surface area contributed by atoms with E-state index in [0.717, 1.165) is 25.0 Å². The van der Waals surface area contributed by atoms with Crippen LogP contribution in [0.3, 0.4) is 0 Å². The molecular formula is C13H16F2N2O3S. The Bertz CT molecular complexity index is 617. The van der Waals surface area contributed by atoms with E-state index in [0.29, 0.717) is 13.1 Å². The number of likely N-dealkylation sites (tertiary alicyclic amines) is 1. The summed E-state index contributed by atoms with van der Waals surface area (Å²) in [6, 6.07) is 4.48. The average Bonchev–Trinajstić information content (AvgIpc) is 2.46. The highest BCUT2D eigenvalue weighted by atomic mass is 32.2. The van der Waals surface area contributed by atoms with Gasteiger partial charge in [0.15, 0.2) is 0 Å². The summed E-state index contributed by atoms with van der Waals surface area (Å²) >= 11 is 0. The van der Waals surface area contributed by atoms with Crippen molar-refractivity contribution >= 4 is 15.7 Å². The van der Waals surface area contributed by atoms with E-state index in [2.05, 4.69) is 0 Å². The highest BCUT2D eigenvalue weighted by Crippen LogP contribution is 2.20. The third-order valence-electron chi connectivity index (χ3n) is 3.41. The molecule has 1 aromatic carbocycles. The Labute approximate surface area is 121 Å². The molecule has 0 aliphatic carbocycles. The maximum absolute atomic E-state index is 12.4. The molecule has 2 N–H and O–H groups in total. The van der Waals surface area contributed by atoms with Crippen molar-refractivity contribution in [2.24, 2.45) is 5.73 Å². The van der Waals surface area contributed by atoms with Crippen LogP contribution >= 0.6 is 0 Å². The van der Waals surface area contributed by atoms with Crippen molar-refractivity contribution in [3.8, 4) is 0 Å². The average molecular weight is 318 g/mol. The minimum absolute atomic E-state index is 0.0683. The van der Waals surface area contributed by atoms with Gasteiger partial charge < -0.3 is 10.6 Å². The predicted molar refractivity (Wildman–Crippen MR) is 72.7 cm³/mol. The second-order valence-corrected chi connectivity index (χ2v) is 6.90. The van der Waals surface area contributed by atoms with Crippen molar-refractivity contribution in [2.75, 3.05) is 13.1 Å². The molecule has 0 aromatic heterocycles. The molecule has 0 radical (unpaired) electrons. The smallest absolute Gasteiger partial charge is 0.337 e. The minimum Gasteiger partial charge on any atom is -0.337 e. The lowest BCUT2D eigenvalue weighted by Gasteiger charge is -2.30. The zero-order valence-corrected chi connectivity index (χ0v) is 12.0. The number of amides is 1. The summed E-state index contributed by atoms with van der Waals surface area (Å²) in [5.41, 5.74) is 6.06. The van der Waals surface area contributed by atoms with Crippen LogP contribution in [0, 0.1) is 0 Å². The molecule has 0 spiro atoms. The van der Waals surface area contributed by atoms with Gasteiger partial charge in [-0.15, -0.1) is 0 Å². The lowest BCUT2D eigenvalue weighted by molar-refractivity contribution is 0.0708. The third kappa shape index (κ3) is 3.38. The second-order valence-electron chi connectivity index (χ2n) is 4.98. The van der Waals surface area contributed by atoms with E-state index in [1.807, 2.05) is 0 Å². The molecular weight excluding hydrogens is 302 g/mol. The van der Waals surface area contributed by atoms with Gasteiger partial charge in [-0.2, -0.15) is 8.78 Å². The molecule has 21 heavy (non-hydrogen) atoms. The summed E-state index contributed by atoms with van der Waals surface area (Å²) in [7, 11) is -4.63. The molecule has 1 aromatic rings. The van der Waals surface area contributed by atoms with Crippen LogP contribution in [0.2, 0.25) is 0 Å². The number of hydrogen-bond acceptors (Lipinski definition) is 4. The van der Waals surface area contributed by atoms with Gasteiger partial charge >= 0.3 is 5.76 Å². The summed E-state index contributed by atoms with van der Waals surface area (Å²) in [5.74, 6) is -3.75. The number of carbonyl (C=O) groups excluding carboxylic acids is 1. The maximum atomic E-state index is 12.4. The molecule has 0 saturated carbocycles. The van der Waals surface area contributed by atoms with Gasteiger partial charge in [-0.05, 0) is 37.1 Å². The van der Waals surface area contributed by atoms with E-state index in [4.69, 9.17) is 5.73 Å². The summed E-state index contributed by atoms with van der Waals surface area (Å²) in [6.07, 6.45) is 1.67. The van der Waals surface area contributed by atoms with Crippen LogP contribution in [0.15, 0.2) is 29.2 Å². The van der Waals surface area contributed by atoms with Gasteiger partial charge in [-0.3, -0.25) is 4.79 Å². The number of nitrogens with zero attached hydrogens (tertiary/aromatic N) is 1. The lowest BCUT2D eigenvalue weighted by Crippen LogP contribution is -2.45. The second kappa shape index (κ2) is 6.07. The summed E-state index contributed by atoms with van der Waals surface area (Å²) < 4.78 is 47.4. The van der Waals surface area contributed by atoms with Gasteiger partial charge in [-0.25, -0.2) is 8.42 Å². The molecule has 1 aliphatic heterocycles. The Morgan fingerprint density at radius 3 is 2.43 bits per heavy atom. The first kappa shape index (κ1) is 15.8. The minimum atomic E-state index is -4.63. The van der Waals surface area contributed by atoms with Gasteiger partial charge in [0.2, 0.25) is 9.84 Å². The fourth-order valence-electron chi connectivity index (χ4n) is 2.27. The fourth-order valence-corrected chi connectivity index (χ4v) is 2.99. The first-order valence-corrected chi connectivity index (χ1v) is 8.04. The summed E-state index contributed by atoms with van der Waals surface area (Å²) in [5, 5.41) is 0. The number of carbonyl (C=O) groups is 1. The third-order valence-corrected chi connectivity index (χ3v) is 4.81. The Hall–Kier alpha value is -1.54. The Morgan fingerprint density at radius 2 is 1.90 bits per heavy atom. The number of piperidine rings is 1. The van der Waals surface area contributed by atoms with Crippen LogP contribution in [0.1, 0.15) is 23.2 Å². The van der Waals surface area contributed by atoms with Gasteiger partial charge in [0, 0.05) is 24.7 Å². The van der Waals surface area contributed by atoms with Gasteiger partial charge in [0.1, 0.15) is 0 Å². The SMILES string of the molecule is NC1CCCN(C(=O)c2ccc(S(=O)(=O)C(F)F)cc2)C1. The van der Waals surface area contributed by atoms with E-state index in [1.165, 1.54) is 12.1 Å². The Balaban J connectivity index is 2.17. The van der Waals surface area contributed by atoms with Crippen molar-refractivity contribution in [1.29, 1.82) is 0 Å². The molecule has 1 unspecified atom stereocenters. The molecule has 1 saturated heterocycles. The first-order chi connectivity index (χ1) is 9.82. The van der Waals surface area contributed by atoms with E-state index in [9.17, 15) is 22.0 Å². The Kier molecular flexibility index (Phi) is 4.58. The standard InChI is InChI=1S/C13H16F2N2O3S/c14-13(15)21(19,20)11-5-3-9(4-6-11)12(18)17-7-1-2-10(16)8-17/h3-6,10,13H,1-2,7-8,16H2. The van der Waals surface area contributed by atoms with E-state index in [-0.39, 0.29) is 17.5 Å². The molecule has 1 fully saturated rings. The number of hydrogen-bond donors (Lipinski definition) is 1. The Morgan fingerprint density at radius 1 is 1.29 bits per heavy atom. The predicted octanol–water partition coefficient (Wildman–Crippen LogP) is 1.25. The largest absolute Gasteiger partial charge is 0.341 e. The quantitative estimate of drug-likeness (QED) is 0.909. The highest BCUT2D eigenvalue weighted by molar-refractivity contribution is 7.91. The van der Waals surface area contributed by atoms with Gasteiger partial charge in [0.05, 0.1) is 4.90 Å². The molecule has 5 nitrogen and oxygen atoms in total. The van der Waals surface area contributed by atoms with E-state index in [1.54, 1.807) is 4.90 Å². The number of alkyl halides is 2. The number of benzene rings is 1. The summed E-state index contributed by atoms with van der Waals surface area (Å²) in [4.78, 5) is 13.3. The molecule has 1 heterocycles. The van der Waals surface area contributed by atoms with Crippen LogP contribution in [0.25, 0.3) is 0 Å². The van der Waals surface area contributed by atoms with Crippen LogP contribution in [-0.2, 0) is 9.84 Å². The molecule has 116 valence electrons. The normalized spacial score (nSPS) is 19.8. The molecule has 1 amide bonds. The number of rotatable bonds is 3. The van der Waals surface area contributed by atoms with Crippen LogP contribution in [0.5, 0.6) is 0 Å². The molecule has 1 atom stereocenters. The number of sulfone groups is 1. The van der Waals surface area contributed by atoms with Crippen molar-refractivity contribution < 1.29 is 22.0 Å². The van der Waals surface area contributed by atoms with Crippen molar-refractivity contribution in [3.05, 3.63) is 29.8 Å². The van der Waals surface area contributed by atoms with E-state index >= 15 is 0 Å². The lowest BCUT2D eigenvalue weighted by atomic mass is 10.1. The van der Waals surface area contributed by atoms with Crippen LogP contribution in [-0.4, -0.2) is 44.1 Å². The summed E-state index contributed by atoms with van der Waals surface area (Å²) in [6.45, 7) is 1.03. The van der Waals surface area contributed by atoms with Crippen LogP contribution in [0.4, 0.5) is 8.78 Å². The topological polar surface area (TPSA) is 80.5 Å². The monoisotopic (exact) mass is 318 g/mol. The van der Waals surface area contributed by atoms with Crippen molar-refractivity contribution in [2.45, 2.75) is 29.5 Å². The zero-order valence-electron chi connectivity index (χ0n) is 11.2. The van der Waals surface area contributed by atoms with Crippen molar-refractivity contribution in [1.82, 2.24) is 4.90 Å². The molecule has 8 heteroatoms. The fraction of sp³-hybridized carbons (Fsp3) is 0.462. The van der Waals surface area contributed by atoms with Gasteiger partial charge in [0.25, 0.3) is 5.91 Å². The molecule has 0 bridgehead atoms. The van der Waals surface area contributed by atoms with Crippen molar-refractivity contribution in [3.63, 3.8) is 0 Å². The highest BCUT2D eigenvalue weighted by Gasteiger charge is 2.27. The number of nitrogens with two attached hydrogens (primary N) is 1. The van der Waals surface area contributed by atoms with Gasteiger partial charge in [-0.1, -0.05) is 0 Å². The molecule has 2 rings (SSSR count). The van der Waals surface area contributed by atoms with Crippen LogP contribution < -0.4 is 5.73 Å². The molecule has 1 aliphatic rings. The van der Waals surface area contributed by atoms with E-state index < -0.39 is 20.5 Å². The maximum Gasteiger partial charge on any atom is 0.341 e. The first-order valence-electron chi connectivity index (χ1n) is 6.49. The zero-order chi connectivity index (χ0) is 15.6. The number of halogens is 2.